The first kappa shape index (κ1) is 9.78. The average molecular weight is 193 g/mol. The van der Waals surface area contributed by atoms with Gasteiger partial charge in [0.15, 0.2) is 0 Å². The van der Waals surface area contributed by atoms with E-state index in [0.717, 1.165) is 38.5 Å². The summed E-state index contributed by atoms with van der Waals surface area (Å²) in [7, 11) is 0. The Balaban J connectivity index is 1.99. The molecule has 1 fully saturated rings. The molecule has 2 heteroatoms. The zero-order valence-electron chi connectivity index (χ0n) is 8.72. The standard InChI is InChI=1S/C12H19NO/c1-10-9-12(3-2-6-13-10)11-4-7-14-8-5-11/h3,11,13H,1-2,4-9H2. The van der Waals surface area contributed by atoms with E-state index in [0.29, 0.717) is 0 Å². The van der Waals surface area contributed by atoms with E-state index in [1.54, 1.807) is 5.57 Å². The van der Waals surface area contributed by atoms with Crippen molar-refractivity contribution in [3.63, 3.8) is 0 Å². The molecule has 0 bridgehead atoms. The maximum atomic E-state index is 5.38. The summed E-state index contributed by atoms with van der Waals surface area (Å²) in [6.07, 6.45) is 6.98. The Morgan fingerprint density at radius 2 is 2.14 bits per heavy atom. The van der Waals surface area contributed by atoms with Crippen LogP contribution in [0.3, 0.4) is 0 Å². The third-order valence-electron chi connectivity index (χ3n) is 3.09. The molecule has 1 N–H and O–H groups in total. The van der Waals surface area contributed by atoms with Crippen molar-refractivity contribution in [2.45, 2.75) is 25.7 Å². The van der Waals surface area contributed by atoms with Crippen LogP contribution in [0.4, 0.5) is 0 Å². The number of nitrogens with one attached hydrogen (secondary N) is 1. The first-order valence-corrected chi connectivity index (χ1v) is 5.54. The summed E-state index contributed by atoms with van der Waals surface area (Å²) in [5.74, 6) is 0.750. The lowest BCUT2D eigenvalue weighted by molar-refractivity contribution is 0.0752. The van der Waals surface area contributed by atoms with Crippen molar-refractivity contribution in [3.05, 3.63) is 23.9 Å². The molecule has 14 heavy (non-hydrogen) atoms. The largest absolute Gasteiger partial charge is 0.388 e. The van der Waals surface area contributed by atoms with Crippen molar-refractivity contribution < 1.29 is 4.74 Å². The Morgan fingerprint density at radius 1 is 1.36 bits per heavy atom. The molecular weight excluding hydrogens is 174 g/mol. The number of rotatable bonds is 1. The number of allylic oxidation sites excluding steroid dienone is 1. The minimum atomic E-state index is 0.750. The fourth-order valence-corrected chi connectivity index (χ4v) is 2.27. The SMILES string of the molecule is C=C1CC(C2CCOCC2)=CCCN1. The molecule has 0 aromatic carbocycles. The summed E-state index contributed by atoms with van der Waals surface area (Å²) >= 11 is 0. The van der Waals surface area contributed by atoms with Gasteiger partial charge in [-0.05, 0) is 25.2 Å². The van der Waals surface area contributed by atoms with E-state index in [1.165, 1.54) is 18.5 Å². The van der Waals surface area contributed by atoms with Gasteiger partial charge in [0, 0.05) is 31.9 Å². The molecule has 0 atom stereocenters. The number of hydrogen-bond donors (Lipinski definition) is 1. The topological polar surface area (TPSA) is 21.3 Å². The Hall–Kier alpha value is -0.760. The Labute approximate surface area is 86.0 Å². The van der Waals surface area contributed by atoms with E-state index in [2.05, 4.69) is 18.0 Å². The summed E-state index contributed by atoms with van der Waals surface area (Å²) in [5, 5.41) is 3.34. The molecule has 2 aliphatic rings. The molecule has 0 unspecified atom stereocenters. The average Bonchev–Trinajstić information content (AvgIpc) is 2.44. The second-order valence-electron chi connectivity index (χ2n) is 4.16. The van der Waals surface area contributed by atoms with Crippen LogP contribution < -0.4 is 5.32 Å². The maximum Gasteiger partial charge on any atom is 0.0471 e. The highest BCUT2D eigenvalue weighted by molar-refractivity contribution is 5.17. The van der Waals surface area contributed by atoms with Crippen molar-refractivity contribution in [1.82, 2.24) is 5.32 Å². The molecule has 0 saturated carbocycles. The summed E-state index contributed by atoms with van der Waals surface area (Å²) < 4.78 is 5.38. The van der Waals surface area contributed by atoms with Gasteiger partial charge in [0.25, 0.3) is 0 Å². The summed E-state index contributed by atoms with van der Waals surface area (Å²) in [4.78, 5) is 0. The predicted molar refractivity (Wildman–Crippen MR) is 58.0 cm³/mol. The van der Waals surface area contributed by atoms with Gasteiger partial charge in [-0.2, -0.15) is 0 Å². The van der Waals surface area contributed by atoms with Crippen LogP contribution in [-0.4, -0.2) is 19.8 Å². The third kappa shape index (κ3) is 2.38. The molecule has 0 aliphatic carbocycles. The Bertz CT molecular complexity index is 239. The maximum absolute atomic E-state index is 5.38. The summed E-state index contributed by atoms with van der Waals surface area (Å²) in [6, 6.07) is 0. The van der Waals surface area contributed by atoms with Crippen LogP contribution in [0, 0.1) is 5.92 Å². The van der Waals surface area contributed by atoms with Gasteiger partial charge < -0.3 is 10.1 Å². The van der Waals surface area contributed by atoms with Crippen LogP contribution >= 0.6 is 0 Å². The molecule has 2 nitrogen and oxygen atoms in total. The molecule has 0 aromatic rings. The molecule has 1 saturated heterocycles. The van der Waals surface area contributed by atoms with Crippen molar-refractivity contribution in [3.8, 4) is 0 Å². The van der Waals surface area contributed by atoms with Crippen LogP contribution in [0.1, 0.15) is 25.7 Å². The molecule has 2 heterocycles. The monoisotopic (exact) mass is 193 g/mol. The third-order valence-corrected chi connectivity index (χ3v) is 3.09. The minimum absolute atomic E-state index is 0.750. The Morgan fingerprint density at radius 3 is 2.93 bits per heavy atom. The summed E-state index contributed by atoms with van der Waals surface area (Å²) in [5.41, 5.74) is 2.77. The zero-order chi connectivity index (χ0) is 9.80. The van der Waals surface area contributed by atoms with Gasteiger partial charge >= 0.3 is 0 Å². The smallest absolute Gasteiger partial charge is 0.0471 e. The quantitative estimate of drug-likeness (QED) is 0.645. The molecule has 0 aromatic heterocycles. The fraction of sp³-hybridized carbons (Fsp3) is 0.667. The Kier molecular flexibility index (Phi) is 3.25. The van der Waals surface area contributed by atoms with Gasteiger partial charge in [-0.25, -0.2) is 0 Å². The van der Waals surface area contributed by atoms with Crippen molar-refractivity contribution in [2.75, 3.05) is 19.8 Å². The second kappa shape index (κ2) is 4.65. The highest BCUT2D eigenvalue weighted by Gasteiger charge is 2.19. The lowest BCUT2D eigenvalue weighted by Gasteiger charge is -2.24. The van der Waals surface area contributed by atoms with Crippen LogP contribution in [0.15, 0.2) is 23.9 Å². The zero-order valence-corrected chi connectivity index (χ0v) is 8.72. The lowest BCUT2D eigenvalue weighted by Crippen LogP contribution is -2.18. The lowest BCUT2D eigenvalue weighted by atomic mass is 9.88. The van der Waals surface area contributed by atoms with Crippen LogP contribution in [0.2, 0.25) is 0 Å². The highest BCUT2D eigenvalue weighted by Crippen LogP contribution is 2.28. The molecular formula is C12H19NO. The molecule has 0 amide bonds. The van der Waals surface area contributed by atoms with E-state index in [9.17, 15) is 0 Å². The normalized spacial score (nSPS) is 25.1. The van der Waals surface area contributed by atoms with E-state index >= 15 is 0 Å². The molecule has 0 spiro atoms. The fourth-order valence-electron chi connectivity index (χ4n) is 2.27. The van der Waals surface area contributed by atoms with Crippen molar-refractivity contribution >= 4 is 0 Å². The van der Waals surface area contributed by atoms with Crippen LogP contribution in [-0.2, 0) is 4.74 Å². The van der Waals surface area contributed by atoms with Gasteiger partial charge in [0.2, 0.25) is 0 Å². The number of ether oxygens (including phenoxy) is 1. The first-order chi connectivity index (χ1) is 6.86. The number of hydrogen-bond acceptors (Lipinski definition) is 2. The summed E-state index contributed by atoms with van der Waals surface area (Å²) in [6.45, 7) is 6.95. The van der Waals surface area contributed by atoms with Crippen LogP contribution in [0.5, 0.6) is 0 Å². The van der Waals surface area contributed by atoms with E-state index < -0.39 is 0 Å². The molecule has 2 rings (SSSR count). The second-order valence-corrected chi connectivity index (χ2v) is 4.16. The van der Waals surface area contributed by atoms with Crippen molar-refractivity contribution in [2.24, 2.45) is 5.92 Å². The van der Waals surface area contributed by atoms with E-state index in [-0.39, 0.29) is 0 Å². The molecule has 2 aliphatic heterocycles. The van der Waals surface area contributed by atoms with Crippen LogP contribution in [0.25, 0.3) is 0 Å². The van der Waals surface area contributed by atoms with Gasteiger partial charge in [0.05, 0.1) is 0 Å². The van der Waals surface area contributed by atoms with Crippen molar-refractivity contribution in [1.29, 1.82) is 0 Å². The van der Waals surface area contributed by atoms with Gasteiger partial charge in [-0.1, -0.05) is 18.2 Å². The highest BCUT2D eigenvalue weighted by atomic mass is 16.5. The minimum Gasteiger partial charge on any atom is -0.388 e. The van der Waals surface area contributed by atoms with E-state index in [4.69, 9.17) is 4.74 Å². The molecule has 78 valence electrons. The van der Waals surface area contributed by atoms with E-state index in [1.807, 2.05) is 0 Å². The van der Waals surface area contributed by atoms with Gasteiger partial charge in [-0.3, -0.25) is 0 Å². The van der Waals surface area contributed by atoms with Gasteiger partial charge in [0.1, 0.15) is 0 Å². The van der Waals surface area contributed by atoms with Gasteiger partial charge in [-0.15, -0.1) is 0 Å². The molecule has 0 radical (unpaired) electrons. The first-order valence-electron chi connectivity index (χ1n) is 5.54. The predicted octanol–water partition coefficient (Wildman–Crippen LogP) is 2.24.